The molecule has 0 unspecified atom stereocenters. The van der Waals surface area contributed by atoms with Gasteiger partial charge in [-0.1, -0.05) is 0 Å². The number of rotatable bonds is 5. The predicted molar refractivity (Wildman–Crippen MR) is 94.2 cm³/mol. The fourth-order valence-electron chi connectivity index (χ4n) is 3.02. The van der Waals surface area contributed by atoms with Gasteiger partial charge in [-0.05, 0) is 19.9 Å². The van der Waals surface area contributed by atoms with Gasteiger partial charge in [-0.25, -0.2) is 4.98 Å². The molecule has 0 aliphatic carbocycles. The summed E-state index contributed by atoms with van der Waals surface area (Å²) in [5.41, 5.74) is 1.01. The molecule has 2 N–H and O–H groups in total. The predicted octanol–water partition coefficient (Wildman–Crippen LogP) is 0.198. The van der Waals surface area contributed by atoms with Crippen LogP contribution in [0, 0.1) is 0 Å². The van der Waals surface area contributed by atoms with Crippen LogP contribution in [0.4, 0.5) is 5.13 Å². The molecule has 8 nitrogen and oxygen atoms in total. The third-order valence-electron chi connectivity index (χ3n) is 4.41. The molecule has 0 bridgehead atoms. The van der Waals surface area contributed by atoms with Crippen LogP contribution in [0.3, 0.4) is 0 Å². The maximum absolute atomic E-state index is 12.0. The van der Waals surface area contributed by atoms with Crippen LogP contribution in [-0.2, 0) is 27.3 Å². The van der Waals surface area contributed by atoms with Crippen LogP contribution in [0.15, 0.2) is 0 Å². The number of hydrogen-bond donors (Lipinski definition) is 2. The zero-order valence-electron chi connectivity index (χ0n) is 14.3. The number of aromatic nitrogens is 1. The van der Waals surface area contributed by atoms with Gasteiger partial charge in [-0.3, -0.25) is 19.7 Å². The molecule has 1 aromatic rings. The number of thiazole rings is 1. The summed E-state index contributed by atoms with van der Waals surface area (Å²) in [6, 6.07) is 0. The molecule has 3 rings (SSSR count). The largest absolute Gasteiger partial charge is 0.348 e. The SMILES string of the molecule is CN1CCc2nc(NC(=O)C(=O)NCCCN3CCCC3=O)sc2C1. The van der Waals surface area contributed by atoms with Crippen LogP contribution in [0.1, 0.15) is 29.8 Å². The Hall–Kier alpha value is -2.00. The third-order valence-corrected chi connectivity index (χ3v) is 5.41. The first-order chi connectivity index (χ1) is 12.0. The Balaban J connectivity index is 1.40. The van der Waals surface area contributed by atoms with Gasteiger partial charge in [0.2, 0.25) is 5.91 Å². The van der Waals surface area contributed by atoms with E-state index in [-0.39, 0.29) is 5.91 Å². The molecule has 0 spiro atoms. The molecule has 0 atom stereocenters. The lowest BCUT2D eigenvalue weighted by atomic mass is 10.2. The quantitative estimate of drug-likeness (QED) is 0.574. The number of fused-ring (bicyclic) bond motifs is 1. The summed E-state index contributed by atoms with van der Waals surface area (Å²) in [4.78, 5) is 44.8. The van der Waals surface area contributed by atoms with Gasteiger partial charge >= 0.3 is 11.8 Å². The van der Waals surface area contributed by atoms with Crippen molar-refractivity contribution in [2.24, 2.45) is 0 Å². The minimum atomic E-state index is -0.697. The summed E-state index contributed by atoms with van der Waals surface area (Å²) in [5, 5.41) is 5.64. The molecule has 2 aliphatic rings. The molecule has 0 saturated carbocycles. The van der Waals surface area contributed by atoms with Crippen LogP contribution in [0.25, 0.3) is 0 Å². The highest BCUT2D eigenvalue weighted by Gasteiger charge is 2.22. The molecule has 136 valence electrons. The first-order valence-corrected chi connectivity index (χ1v) is 9.38. The van der Waals surface area contributed by atoms with Crippen molar-refractivity contribution >= 4 is 34.2 Å². The second-order valence-corrected chi connectivity index (χ2v) is 7.51. The van der Waals surface area contributed by atoms with E-state index in [1.165, 1.54) is 11.3 Å². The van der Waals surface area contributed by atoms with E-state index in [1.54, 1.807) is 4.90 Å². The van der Waals surface area contributed by atoms with E-state index in [4.69, 9.17) is 0 Å². The molecule has 1 saturated heterocycles. The van der Waals surface area contributed by atoms with Crippen LogP contribution in [0.2, 0.25) is 0 Å². The van der Waals surface area contributed by atoms with Gasteiger partial charge in [0.05, 0.1) is 5.69 Å². The Kier molecular flexibility index (Phi) is 5.64. The molecule has 1 fully saturated rings. The third kappa shape index (κ3) is 4.55. The highest BCUT2D eigenvalue weighted by molar-refractivity contribution is 7.16. The molecular formula is C16H23N5O3S. The first kappa shape index (κ1) is 17.8. The van der Waals surface area contributed by atoms with E-state index in [0.717, 1.165) is 43.0 Å². The smallest absolute Gasteiger partial charge is 0.315 e. The highest BCUT2D eigenvalue weighted by Crippen LogP contribution is 2.27. The summed E-state index contributed by atoms with van der Waals surface area (Å²) >= 11 is 1.42. The van der Waals surface area contributed by atoms with Crippen molar-refractivity contribution in [2.45, 2.75) is 32.2 Å². The lowest BCUT2D eigenvalue weighted by Crippen LogP contribution is -2.37. The summed E-state index contributed by atoms with van der Waals surface area (Å²) in [6.45, 7) is 3.55. The van der Waals surface area contributed by atoms with Gasteiger partial charge < -0.3 is 15.1 Å². The Bertz CT molecular complexity index is 675. The minimum absolute atomic E-state index is 0.169. The maximum Gasteiger partial charge on any atom is 0.315 e. The van der Waals surface area contributed by atoms with Crippen molar-refractivity contribution in [3.05, 3.63) is 10.6 Å². The van der Waals surface area contributed by atoms with Crippen molar-refractivity contribution in [3.8, 4) is 0 Å². The number of carbonyl (C=O) groups is 3. The molecule has 3 heterocycles. The number of likely N-dealkylation sites (tertiary alicyclic amines) is 1. The van der Waals surface area contributed by atoms with E-state index in [0.29, 0.717) is 31.1 Å². The molecule has 0 aromatic carbocycles. The van der Waals surface area contributed by atoms with E-state index >= 15 is 0 Å². The Morgan fingerprint density at radius 2 is 2.08 bits per heavy atom. The lowest BCUT2D eigenvalue weighted by Gasteiger charge is -2.20. The summed E-state index contributed by atoms with van der Waals surface area (Å²) in [5.74, 6) is -1.20. The van der Waals surface area contributed by atoms with Gasteiger partial charge in [-0.15, -0.1) is 11.3 Å². The zero-order valence-corrected chi connectivity index (χ0v) is 15.2. The van der Waals surface area contributed by atoms with Crippen molar-refractivity contribution in [2.75, 3.05) is 38.5 Å². The number of hydrogen-bond acceptors (Lipinski definition) is 6. The average molecular weight is 365 g/mol. The molecule has 9 heteroatoms. The molecule has 25 heavy (non-hydrogen) atoms. The van der Waals surface area contributed by atoms with Crippen LogP contribution < -0.4 is 10.6 Å². The second kappa shape index (κ2) is 7.92. The topological polar surface area (TPSA) is 94.6 Å². The maximum atomic E-state index is 12.0. The van der Waals surface area contributed by atoms with Crippen molar-refractivity contribution in [1.82, 2.24) is 20.1 Å². The number of nitrogens with zero attached hydrogens (tertiary/aromatic N) is 3. The molecular weight excluding hydrogens is 342 g/mol. The number of nitrogens with one attached hydrogen (secondary N) is 2. The minimum Gasteiger partial charge on any atom is -0.348 e. The number of likely N-dealkylation sites (N-methyl/N-ethyl adjacent to an activating group) is 1. The summed E-state index contributed by atoms with van der Waals surface area (Å²) in [7, 11) is 2.05. The van der Waals surface area contributed by atoms with Crippen molar-refractivity contribution in [3.63, 3.8) is 0 Å². The van der Waals surface area contributed by atoms with Crippen LogP contribution in [-0.4, -0.2) is 65.7 Å². The first-order valence-electron chi connectivity index (χ1n) is 8.57. The van der Waals surface area contributed by atoms with E-state index in [2.05, 4.69) is 20.5 Å². The van der Waals surface area contributed by atoms with E-state index in [1.807, 2.05) is 7.05 Å². The number of anilines is 1. The average Bonchev–Trinajstić information content (AvgIpc) is 3.16. The Labute approximate surface area is 150 Å². The van der Waals surface area contributed by atoms with Gasteiger partial charge in [0.1, 0.15) is 0 Å². The molecule has 2 aliphatic heterocycles. The van der Waals surface area contributed by atoms with Gasteiger partial charge in [0.25, 0.3) is 0 Å². The van der Waals surface area contributed by atoms with Crippen LogP contribution in [0.5, 0.6) is 0 Å². The lowest BCUT2D eigenvalue weighted by molar-refractivity contribution is -0.136. The number of amides is 3. The molecule has 1 aromatic heterocycles. The second-order valence-electron chi connectivity index (χ2n) is 6.42. The normalized spacial score (nSPS) is 17.5. The molecule has 0 radical (unpaired) electrons. The van der Waals surface area contributed by atoms with Crippen LogP contribution >= 0.6 is 11.3 Å². The summed E-state index contributed by atoms with van der Waals surface area (Å²) < 4.78 is 0. The van der Waals surface area contributed by atoms with E-state index in [9.17, 15) is 14.4 Å². The van der Waals surface area contributed by atoms with Crippen molar-refractivity contribution < 1.29 is 14.4 Å². The Morgan fingerprint density at radius 1 is 1.24 bits per heavy atom. The van der Waals surface area contributed by atoms with Gasteiger partial charge in [0.15, 0.2) is 5.13 Å². The van der Waals surface area contributed by atoms with Crippen molar-refractivity contribution in [1.29, 1.82) is 0 Å². The standard InChI is InChI=1S/C16H23N5O3S/c1-20-9-5-11-12(10-20)25-16(18-11)19-15(24)14(23)17-6-3-8-21-7-2-4-13(21)22/h2-10H2,1H3,(H,17,23)(H,18,19,24). The fraction of sp³-hybridized carbons (Fsp3) is 0.625. The summed E-state index contributed by atoms with van der Waals surface area (Å²) in [6.07, 6.45) is 3.02. The van der Waals surface area contributed by atoms with Gasteiger partial charge in [0, 0.05) is 50.4 Å². The Morgan fingerprint density at radius 3 is 2.84 bits per heavy atom. The van der Waals surface area contributed by atoms with E-state index < -0.39 is 11.8 Å². The zero-order chi connectivity index (χ0) is 17.8. The number of carbonyl (C=O) groups excluding carboxylic acids is 3. The van der Waals surface area contributed by atoms with Gasteiger partial charge in [-0.2, -0.15) is 0 Å². The monoisotopic (exact) mass is 365 g/mol. The molecule has 3 amide bonds. The fourth-order valence-corrected chi connectivity index (χ4v) is 4.11. The highest BCUT2D eigenvalue weighted by atomic mass is 32.1.